The molecule has 0 saturated heterocycles. The molecule has 222 valence electrons. The summed E-state index contributed by atoms with van der Waals surface area (Å²) in [4.78, 5) is 23.6. The Morgan fingerprint density at radius 3 is 1.74 bits per heavy atom. The van der Waals surface area contributed by atoms with Crippen LogP contribution in [0.4, 0.5) is 26.3 Å². The summed E-state index contributed by atoms with van der Waals surface area (Å²) in [6, 6.07) is 0.623. The zero-order valence-electron chi connectivity index (χ0n) is 20.5. The van der Waals surface area contributed by atoms with Crippen LogP contribution in [0.3, 0.4) is 0 Å². The third kappa shape index (κ3) is 8.30. The highest BCUT2D eigenvalue weighted by molar-refractivity contribution is 7.85. The van der Waals surface area contributed by atoms with Crippen LogP contribution in [0.1, 0.15) is 60.2 Å². The smallest absolute Gasteiger partial charge is 0.426 e. The molecular weight excluding hydrogens is 570 g/mol. The van der Waals surface area contributed by atoms with Gasteiger partial charge in [0.2, 0.25) is 0 Å². The number of benzene rings is 1. The van der Waals surface area contributed by atoms with Gasteiger partial charge in [-0.05, 0) is 30.5 Å². The number of phenols is 1. The summed E-state index contributed by atoms with van der Waals surface area (Å²) in [5.41, 5.74) is -8.53. The Bertz CT molecular complexity index is 1170. The van der Waals surface area contributed by atoms with E-state index in [-0.39, 0.29) is 18.1 Å². The molecule has 17 heteroatoms. The number of ether oxygens (including phenoxy) is 2. The summed E-state index contributed by atoms with van der Waals surface area (Å²) in [5.74, 6) is -4.73. The fourth-order valence-electron chi connectivity index (χ4n) is 3.14. The van der Waals surface area contributed by atoms with Crippen molar-refractivity contribution in [1.82, 2.24) is 0 Å². The molecule has 0 bridgehead atoms. The molecule has 0 amide bonds. The number of esters is 2. The topological polar surface area (TPSA) is 168 Å². The molecule has 1 rings (SSSR count). The molecule has 1 aromatic rings. The lowest BCUT2D eigenvalue weighted by Gasteiger charge is -2.32. The zero-order chi connectivity index (χ0) is 30.6. The van der Waals surface area contributed by atoms with E-state index in [1.165, 1.54) is 0 Å². The van der Waals surface area contributed by atoms with Gasteiger partial charge in [0.25, 0.3) is 15.7 Å². The molecule has 4 N–H and O–H groups in total. The highest BCUT2D eigenvalue weighted by Gasteiger charge is 2.70. The van der Waals surface area contributed by atoms with E-state index in [2.05, 4.69) is 11.3 Å². The van der Waals surface area contributed by atoms with Crippen molar-refractivity contribution >= 4 is 22.1 Å². The molecule has 0 aromatic heterocycles. The molecule has 0 fully saturated rings. The Labute approximate surface area is 218 Å². The lowest BCUT2D eigenvalue weighted by molar-refractivity contribution is -0.371. The first-order valence-electron chi connectivity index (χ1n) is 11.0. The van der Waals surface area contributed by atoms with E-state index in [0.717, 1.165) is 0 Å². The Morgan fingerprint density at radius 1 is 0.923 bits per heavy atom. The van der Waals surface area contributed by atoms with Gasteiger partial charge < -0.3 is 24.8 Å². The summed E-state index contributed by atoms with van der Waals surface area (Å²) in [6.07, 6.45) is -14.0. The molecule has 0 saturated carbocycles. The fraction of sp³-hybridized carbons (Fsp3) is 0.545. The monoisotopic (exact) mass is 596 g/mol. The summed E-state index contributed by atoms with van der Waals surface area (Å²) >= 11 is 0. The van der Waals surface area contributed by atoms with Crippen molar-refractivity contribution in [1.29, 1.82) is 0 Å². The quantitative estimate of drug-likeness (QED) is 0.121. The highest BCUT2D eigenvalue weighted by Crippen LogP contribution is 2.45. The molecule has 39 heavy (non-hydrogen) atoms. The second kappa shape index (κ2) is 12.1. The molecular formula is C22H26F6O10S. The van der Waals surface area contributed by atoms with Crippen LogP contribution >= 0.6 is 0 Å². The number of aromatic hydroxyl groups is 1. The zero-order valence-corrected chi connectivity index (χ0v) is 21.3. The average Bonchev–Trinajstić information content (AvgIpc) is 2.80. The number of halogens is 6. The summed E-state index contributed by atoms with van der Waals surface area (Å²) in [6.45, 7) is 4.73. The number of carbonyl (C=O) groups excluding carboxylic acids is 2. The molecule has 0 unspecified atom stereocenters. The van der Waals surface area contributed by atoms with Crippen molar-refractivity contribution in [2.24, 2.45) is 0 Å². The predicted octanol–water partition coefficient (Wildman–Crippen LogP) is 3.70. The minimum absolute atomic E-state index is 0.00982. The molecule has 0 aliphatic heterocycles. The van der Waals surface area contributed by atoms with Gasteiger partial charge in [0.05, 0.1) is 17.1 Å². The Balaban J connectivity index is 3.23. The van der Waals surface area contributed by atoms with Gasteiger partial charge in [-0.3, -0.25) is 4.55 Å². The van der Waals surface area contributed by atoms with Crippen molar-refractivity contribution in [3.05, 3.63) is 35.4 Å². The molecule has 0 radical (unpaired) electrons. The molecule has 0 heterocycles. The van der Waals surface area contributed by atoms with Gasteiger partial charge in [-0.2, -0.15) is 34.8 Å². The molecule has 10 nitrogen and oxygen atoms in total. The molecule has 0 aliphatic carbocycles. The van der Waals surface area contributed by atoms with Crippen molar-refractivity contribution in [2.75, 3.05) is 13.2 Å². The van der Waals surface area contributed by atoms with E-state index in [1.54, 1.807) is 13.8 Å². The van der Waals surface area contributed by atoms with Crippen molar-refractivity contribution in [3.8, 4) is 5.75 Å². The second-order valence-electron chi connectivity index (χ2n) is 8.52. The van der Waals surface area contributed by atoms with Crippen LogP contribution in [0.5, 0.6) is 5.75 Å². The maximum absolute atomic E-state index is 12.8. The van der Waals surface area contributed by atoms with Gasteiger partial charge in [-0.15, -0.1) is 0 Å². The van der Waals surface area contributed by atoms with Crippen LogP contribution in [0.25, 0.3) is 0 Å². The van der Waals surface area contributed by atoms with Crippen LogP contribution < -0.4 is 0 Å². The third-order valence-corrected chi connectivity index (χ3v) is 6.59. The minimum atomic E-state index is -6.21. The third-order valence-electron chi connectivity index (χ3n) is 5.76. The fourth-order valence-corrected chi connectivity index (χ4v) is 3.68. The van der Waals surface area contributed by atoms with E-state index in [0.29, 0.717) is 18.9 Å². The largest absolute Gasteiger partial charge is 0.506 e. The molecule has 0 spiro atoms. The van der Waals surface area contributed by atoms with E-state index in [9.17, 15) is 59.1 Å². The second-order valence-corrected chi connectivity index (χ2v) is 9.94. The SMILES string of the molecule is C=C(COC(=O)c1cc(S(=O)(=O)O)cc(C(=O)OCCC(O)(C(F)(F)F)C(F)(F)F)c1O)CC(O)(CC)CC. The van der Waals surface area contributed by atoms with Crippen LogP contribution in [-0.2, 0) is 19.6 Å². The van der Waals surface area contributed by atoms with Gasteiger partial charge in [-0.1, -0.05) is 20.4 Å². The number of hydrogen-bond donors (Lipinski definition) is 4. The Morgan fingerprint density at radius 2 is 1.36 bits per heavy atom. The molecule has 0 aliphatic rings. The van der Waals surface area contributed by atoms with E-state index >= 15 is 0 Å². The highest BCUT2D eigenvalue weighted by atomic mass is 32.2. The normalized spacial score (nSPS) is 13.2. The van der Waals surface area contributed by atoms with Crippen LogP contribution in [-0.4, -0.2) is 77.0 Å². The van der Waals surface area contributed by atoms with E-state index in [4.69, 9.17) is 9.84 Å². The summed E-state index contributed by atoms with van der Waals surface area (Å²) < 4.78 is 118. The van der Waals surface area contributed by atoms with Gasteiger partial charge in [0, 0.05) is 12.8 Å². The van der Waals surface area contributed by atoms with Crippen molar-refractivity contribution < 1.29 is 73.7 Å². The Hall–Kier alpha value is -2.89. The standard InChI is InChI=1S/C22H26F6O10S/c1-4-19(32,5-2)10-12(3)11-38-18(31)15-9-13(39(34,35)36)8-14(16(15)29)17(30)37-7-6-20(33,21(23,24)25)22(26,27)28/h8-9,29,32-33H,3-7,10-11H2,1-2H3,(H,34,35,36). The van der Waals surface area contributed by atoms with Gasteiger partial charge in [0.1, 0.15) is 23.5 Å². The van der Waals surface area contributed by atoms with Gasteiger partial charge in [0.15, 0.2) is 0 Å². The molecule has 0 atom stereocenters. The maximum Gasteiger partial charge on any atom is 0.426 e. The summed E-state index contributed by atoms with van der Waals surface area (Å²) in [7, 11) is -5.19. The van der Waals surface area contributed by atoms with Crippen molar-refractivity contribution in [2.45, 2.75) is 68.0 Å². The summed E-state index contributed by atoms with van der Waals surface area (Å²) in [5, 5.41) is 29.8. The molecule has 1 aromatic carbocycles. The van der Waals surface area contributed by atoms with Crippen LogP contribution in [0, 0.1) is 0 Å². The minimum Gasteiger partial charge on any atom is -0.506 e. The number of aliphatic hydroxyl groups is 2. The number of hydrogen-bond acceptors (Lipinski definition) is 9. The van der Waals surface area contributed by atoms with Crippen LogP contribution in [0.2, 0.25) is 0 Å². The average molecular weight is 596 g/mol. The van der Waals surface area contributed by atoms with E-state index in [1.807, 2.05) is 0 Å². The first-order chi connectivity index (χ1) is 17.5. The number of carbonyl (C=O) groups is 2. The van der Waals surface area contributed by atoms with Crippen LogP contribution in [0.15, 0.2) is 29.2 Å². The van der Waals surface area contributed by atoms with Gasteiger partial charge in [-0.25, -0.2) is 9.59 Å². The Kier molecular flexibility index (Phi) is 10.6. The van der Waals surface area contributed by atoms with Crippen molar-refractivity contribution in [3.63, 3.8) is 0 Å². The van der Waals surface area contributed by atoms with Gasteiger partial charge >= 0.3 is 24.3 Å². The lowest BCUT2D eigenvalue weighted by atomic mass is 9.90. The van der Waals surface area contributed by atoms with E-state index < -0.39 is 87.0 Å². The first kappa shape index (κ1) is 34.1. The number of rotatable bonds is 12. The number of alkyl halides is 6. The number of phenolic OH excluding ortho intramolecular Hbond substituents is 1. The maximum atomic E-state index is 12.8. The first-order valence-corrected chi connectivity index (χ1v) is 12.4. The lowest BCUT2D eigenvalue weighted by Crippen LogP contribution is -2.57. The predicted molar refractivity (Wildman–Crippen MR) is 119 cm³/mol.